The van der Waals surface area contributed by atoms with Crippen molar-refractivity contribution in [2.24, 2.45) is 0 Å². The van der Waals surface area contributed by atoms with Crippen molar-refractivity contribution in [1.82, 2.24) is 14.5 Å². The third kappa shape index (κ3) is 6.19. The predicted molar refractivity (Wildman–Crippen MR) is 255 cm³/mol. The molecule has 0 aliphatic heterocycles. The monoisotopic (exact) mass is 801 g/mol. The number of anilines is 6. The number of pyridine rings is 2. The van der Waals surface area contributed by atoms with Crippen LogP contribution in [0, 0.1) is 0 Å². The van der Waals surface area contributed by atoms with Gasteiger partial charge in [0.25, 0.3) is 0 Å². The van der Waals surface area contributed by atoms with Crippen LogP contribution in [-0.4, -0.2) is 21.6 Å². The highest BCUT2D eigenvalue weighted by atomic mass is 16.5. The second-order valence-electron chi connectivity index (χ2n) is 16.3. The van der Waals surface area contributed by atoms with Crippen molar-refractivity contribution in [1.29, 1.82) is 0 Å². The molecule has 0 spiro atoms. The molecular weight excluding hydrogens is 759 g/mol. The fraction of sp³-hybridized carbons (Fsp3) is 0.0714. The maximum atomic E-state index is 5.60. The Morgan fingerprint density at radius 1 is 0.452 bits per heavy atom. The Morgan fingerprint density at radius 2 is 1.06 bits per heavy atom. The van der Waals surface area contributed by atoms with E-state index in [2.05, 4.69) is 192 Å². The molecule has 62 heavy (non-hydrogen) atoms. The topological polar surface area (TPSA) is 46.4 Å². The highest BCUT2D eigenvalue weighted by molar-refractivity contribution is 6.10. The summed E-state index contributed by atoms with van der Waals surface area (Å²) in [6.45, 7) is 4.66. The molecule has 0 radical (unpaired) electrons. The average molecular weight is 802 g/mol. The minimum Gasteiger partial charge on any atom is -0.497 e. The summed E-state index contributed by atoms with van der Waals surface area (Å²) in [7, 11) is 1.69. The standard InChI is InChI=1S/C56H43N5O/c1-56(2)50-19-9-7-17-46(50)47-29-26-42(37-51(47)56)60(55-22-12-14-32-58-55)44-34-39(33-43(36-44)59(54-21-11-13-31-57-54)41-24-27-45(62-3)28-25-41)38-23-30-53-49(35-38)48-18-8-10-20-52(48)61(53)40-15-5-4-6-16-40/h4-37H,1-3H3. The lowest BCUT2D eigenvalue weighted by molar-refractivity contribution is 0.415. The zero-order chi connectivity index (χ0) is 41.8. The molecule has 10 aromatic rings. The molecule has 0 atom stereocenters. The fourth-order valence-electron chi connectivity index (χ4n) is 9.39. The average Bonchev–Trinajstić information content (AvgIpc) is 3.78. The normalized spacial score (nSPS) is 12.6. The van der Waals surface area contributed by atoms with Crippen LogP contribution in [-0.2, 0) is 5.41 Å². The molecule has 0 unspecified atom stereocenters. The van der Waals surface area contributed by atoms with Crippen LogP contribution in [0.2, 0.25) is 0 Å². The molecule has 7 aromatic carbocycles. The molecule has 0 saturated carbocycles. The van der Waals surface area contributed by atoms with Gasteiger partial charge in [0.1, 0.15) is 17.4 Å². The minimum absolute atomic E-state index is 0.177. The van der Waals surface area contributed by atoms with Crippen LogP contribution in [0.5, 0.6) is 5.75 Å². The van der Waals surface area contributed by atoms with E-state index < -0.39 is 0 Å². The van der Waals surface area contributed by atoms with Crippen molar-refractivity contribution in [3.63, 3.8) is 0 Å². The second-order valence-corrected chi connectivity index (χ2v) is 16.3. The van der Waals surface area contributed by atoms with Gasteiger partial charge in [-0.3, -0.25) is 9.80 Å². The van der Waals surface area contributed by atoms with E-state index in [9.17, 15) is 0 Å². The molecular formula is C56H43N5O. The summed E-state index contributed by atoms with van der Waals surface area (Å²) in [6.07, 6.45) is 3.71. The third-order valence-electron chi connectivity index (χ3n) is 12.4. The minimum atomic E-state index is -0.177. The molecule has 0 saturated heterocycles. The molecule has 0 N–H and O–H groups in total. The van der Waals surface area contributed by atoms with Gasteiger partial charge in [0.15, 0.2) is 0 Å². The Morgan fingerprint density at radius 3 is 1.77 bits per heavy atom. The SMILES string of the molecule is COc1ccc(N(c2cc(-c3ccc4c(c3)c3ccccc3n4-c3ccccc3)cc(N(c3ccc4c(c3)C(C)(C)c3ccccc3-4)c3ccccn3)c2)c2ccccn2)cc1. The van der Waals surface area contributed by atoms with Gasteiger partial charge < -0.3 is 9.30 Å². The Bertz CT molecular complexity index is 3250. The first-order valence-electron chi connectivity index (χ1n) is 21.0. The van der Waals surface area contributed by atoms with Crippen molar-refractivity contribution in [3.8, 4) is 33.7 Å². The number of benzene rings is 7. The number of methoxy groups -OCH3 is 1. The Balaban J connectivity index is 1.16. The Labute approximate surface area is 361 Å². The molecule has 1 aliphatic carbocycles. The zero-order valence-electron chi connectivity index (χ0n) is 34.8. The lowest BCUT2D eigenvalue weighted by Crippen LogP contribution is -2.17. The predicted octanol–water partition coefficient (Wildman–Crippen LogP) is 14.5. The molecule has 6 nitrogen and oxygen atoms in total. The van der Waals surface area contributed by atoms with Gasteiger partial charge in [-0.2, -0.15) is 0 Å². The fourth-order valence-corrected chi connectivity index (χ4v) is 9.39. The van der Waals surface area contributed by atoms with Crippen molar-refractivity contribution < 1.29 is 4.74 Å². The van der Waals surface area contributed by atoms with Crippen LogP contribution in [0.25, 0.3) is 49.7 Å². The van der Waals surface area contributed by atoms with Crippen LogP contribution < -0.4 is 14.5 Å². The van der Waals surface area contributed by atoms with Crippen molar-refractivity contribution in [2.45, 2.75) is 19.3 Å². The number of nitrogens with zero attached hydrogens (tertiary/aromatic N) is 5. The van der Waals surface area contributed by atoms with E-state index in [1.807, 2.05) is 42.7 Å². The summed E-state index contributed by atoms with van der Waals surface area (Å²) in [5.41, 5.74) is 14.5. The van der Waals surface area contributed by atoms with Gasteiger partial charge in [0.2, 0.25) is 0 Å². The number of ether oxygens (including phenoxy) is 1. The molecule has 0 fully saturated rings. The van der Waals surface area contributed by atoms with Crippen LogP contribution in [0.3, 0.4) is 0 Å². The molecule has 11 rings (SSSR count). The number of fused-ring (bicyclic) bond motifs is 6. The van der Waals surface area contributed by atoms with E-state index in [0.29, 0.717) is 0 Å². The van der Waals surface area contributed by atoms with Crippen molar-refractivity contribution in [3.05, 3.63) is 218 Å². The first-order valence-corrected chi connectivity index (χ1v) is 21.0. The molecule has 3 heterocycles. The van der Waals surface area contributed by atoms with Gasteiger partial charge in [-0.15, -0.1) is 0 Å². The Kier molecular flexibility index (Phi) is 8.94. The summed E-state index contributed by atoms with van der Waals surface area (Å²) in [5.74, 6) is 2.40. The summed E-state index contributed by atoms with van der Waals surface area (Å²) >= 11 is 0. The highest BCUT2D eigenvalue weighted by Gasteiger charge is 2.36. The van der Waals surface area contributed by atoms with Gasteiger partial charge in [0, 0.05) is 45.6 Å². The highest BCUT2D eigenvalue weighted by Crippen LogP contribution is 2.51. The lowest BCUT2D eigenvalue weighted by atomic mass is 9.82. The van der Waals surface area contributed by atoms with Crippen molar-refractivity contribution in [2.75, 3.05) is 16.9 Å². The van der Waals surface area contributed by atoms with Crippen LogP contribution in [0.1, 0.15) is 25.0 Å². The maximum absolute atomic E-state index is 5.60. The van der Waals surface area contributed by atoms with E-state index >= 15 is 0 Å². The molecule has 0 amide bonds. The summed E-state index contributed by atoms with van der Waals surface area (Å²) < 4.78 is 7.96. The van der Waals surface area contributed by atoms with E-state index in [1.54, 1.807) is 7.11 Å². The molecule has 1 aliphatic rings. The Hall–Kier alpha value is -7.96. The first kappa shape index (κ1) is 37.1. The van der Waals surface area contributed by atoms with Gasteiger partial charge in [-0.05, 0) is 143 Å². The maximum Gasteiger partial charge on any atom is 0.137 e. The van der Waals surface area contributed by atoms with Gasteiger partial charge in [-0.25, -0.2) is 9.97 Å². The van der Waals surface area contributed by atoms with Crippen LogP contribution >= 0.6 is 0 Å². The number of hydrogen-bond donors (Lipinski definition) is 0. The molecule has 0 bridgehead atoms. The van der Waals surface area contributed by atoms with Crippen LogP contribution in [0.15, 0.2) is 207 Å². The van der Waals surface area contributed by atoms with Gasteiger partial charge in [0.05, 0.1) is 29.5 Å². The van der Waals surface area contributed by atoms with E-state index in [1.165, 1.54) is 38.5 Å². The number of rotatable bonds is 9. The number of hydrogen-bond acceptors (Lipinski definition) is 5. The molecule has 298 valence electrons. The summed E-state index contributed by atoms with van der Waals surface area (Å²) in [5, 5.41) is 2.39. The smallest absolute Gasteiger partial charge is 0.137 e. The third-order valence-corrected chi connectivity index (χ3v) is 12.4. The van der Waals surface area contributed by atoms with E-state index in [0.717, 1.165) is 62.5 Å². The van der Waals surface area contributed by atoms with E-state index in [-0.39, 0.29) is 5.41 Å². The quantitative estimate of drug-likeness (QED) is 0.145. The first-order chi connectivity index (χ1) is 30.5. The van der Waals surface area contributed by atoms with Crippen molar-refractivity contribution >= 4 is 56.2 Å². The zero-order valence-corrected chi connectivity index (χ0v) is 34.8. The van der Waals surface area contributed by atoms with Gasteiger partial charge >= 0.3 is 0 Å². The number of para-hydroxylation sites is 2. The summed E-state index contributed by atoms with van der Waals surface area (Å²) in [6, 6.07) is 69.0. The second kappa shape index (κ2) is 14.9. The largest absolute Gasteiger partial charge is 0.497 e. The molecule has 3 aromatic heterocycles. The lowest BCUT2D eigenvalue weighted by Gasteiger charge is -2.30. The molecule has 6 heteroatoms. The van der Waals surface area contributed by atoms with Crippen LogP contribution in [0.4, 0.5) is 34.4 Å². The van der Waals surface area contributed by atoms with E-state index in [4.69, 9.17) is 14.7 Å². The summed E-state index contributed by atoms with van der Waals surface area (Å²) in [4.78, 5) is 14.4. The van der Waals surface area contributed by atoms with Gasteiger partial charge in [-0.1, -0.05) is 98.8 Å². The number of aromatic nitrogens is 3.